The van der Waals surface area contributed by atoms with Gasteiger partial charge in [0.2, 0.25) is 11.5 Å². The molecule has 1 unspecified atom stereocenters. The number of Topliss-reactive ketones (excluding diaryl/α,β-unsaturated/α-hetero) is 1. The zero-order valence-corrected chi connectivity index (χ0v) is 10.4. The van der Waals surface area contributed by atoms with Gasteiger partial charge >= 0.3 is 0 Å². The average Bonchev–Trinajstić information content (AvgIpc) is 2.46. The molecular formula is C15H12O5. The zero-order chi connectivity index (χ0) is 14.3. The summed E-state index contributed by atoms with van der Waals surface area (Å²) >= 11 is 0. The lowest BCUT2D eigenvalue weighted by atomic mass is 9.93. The van der Waals surface area contributed by atoms with Gasteiger partial charge in [-0.25, -0.2) is 0 Å². The fourth-order valence-corrected chi connectivity index (χ4v) is 2.25. The highest BCUT2D eigenvalue weighted by Gasteiger charge is 2.34. The summed E-state index contributed by atoms with van der Waals surface area (Å²) in [5, 5.41) is 28.8. The minimum absolute atomic E-state index is 0.0164. The summed E-state index contributed by atoms with van der Waals surface area (Å²) in [7, 11) is 0. The second-order valence-corrected chi connectivity index (χ2v) is 4.60. The highest BCUT2D eigenvalue weighted by atomic mass is 16.5. The van der Waals surface area contributed by atoms with Crippen molar-refractivity contribution >= 4 is 11.5 Å². The number of aliphatic hydroxyl groups excluding tert-OH is 1. The number of aromatic hydroxyl groups is 2. The zero-order valence-electron chi connectivity index (χ0n) is 10.4. The van der Waals surface area contributed by atoms with Crippen LogP contribution in [0.5, 0.6) is 11.5 Å². The molecule has 0 spiro atoms. The third-order valence-electron chi connectivity index (χ3n) is 3.30. The number of phenolic OH excluding ortho intramolecular Hbond substituents is 2. The van der Waals surface area contributed by atoms with Crippen LogP contribution < -0.4 is 0 Å². The van der Waals surface area contributed by atoms with Gasteiger partial charge in [-0.15, -0.1) is 0 Å². The smallest absolute Gasteiger partial charge is 0.230 e. The standard InChI is InChI=1S/C15H12O5/c16-10-6-5-8(7-11(10)17)15-14(19)13(18)9-3-1-2-4-12(9)20-15/h1-3,5-7,12,16-17,19H,4H2. The van der Waals surface area contributed by atoms with E-state index in [9.17, 15) is 20.1 Å². The molecule has 1 atom stereocenters. The Morgan fingerprint density at radius 2 is 1.95 bits per heavy atom. The van der Waals surface area contributed by atoms with Crippen LogP contribution in [0.15, 0.2) is 47.8 Å². The number of allylic oxidation sites excluding steroid dienone is 3. The molecule has 0 bridgehead atoms. The summed E-state index contributed by atoms with van der Waals surface area (Å²) in [6.45, 7) is 0. The number of hydrogen-bond donors (Lipinski definition) is 3. The van der Waals surface area contributed by atoms with Crippen LogP contribution in [0, 0.1) is 0 Å². The second kappa shape index (κ2) is 4.45. The first-order valence-corrected chi connectivity index (χ1v) is 6.11. The van der Waals surface area contributed by atoms with Crippen LogP contribution >= 0.6 is 0 Å². The number of aliphatic hydroxyl groups is 1. The summed E-state index contributed by atoms with van der Waals surface area (Å²) in [4.78, 5) is 12.1. The number of benzene rings is 1. The molecule has 0 aromatic heterocycles. The molecule has 0 fully saturated rings. The van der Waals surface area contributed by atoms with E-state index in [-0.39, 0.29) is 17.3 Å². The van der Waals surface area contributed by atoms with E-state index in [2.05, 4.69) is 0 Å². The van der Waals surface area contributed by atoms with E-state index < -0.39 is 17.6 Å². The van der Waals surface area contributed by atoms with Gasteiger partial charge in [0.25, 0.3) is 0 Å². The average molecular weight is 272 g/mol. The van der Waals surface area contributed by atoms with Gasteiger partial charge in [-0.05, 0) is 18.2 Å². The van der Waals surface area contributed by atoms with Crippen LogP contribution in [0.3, 0.4) is 0 Å². The van der Waals surface area contributed by atoms with E-state index in [4.69, 9.17) is 4.74 Å². The number of ketones is 1. The minimum Gasteiger partial charge on any atom is -0.504 e. The number of rotatable bonds is 1. The van der Waals surface area contributed by atoms with Crippen molar-refractivity contribution in [3.63, 3.8) is 0 Å². The maximum absolute atomic E-state index is 12.1. The van der Waals surface area contributed by atoms with Crippen molar-refractivity contribution in [2.75, 3.05) is 0 Å². The van der Waals surface area contributed by atoms with E-state index in [0.29, 0.717) is 17.6 Å². The molecule has 102 valence electrons. The van der Waals surface area contributed by atoms with Crippen molar-refractivity contribution < 1.29 is 24.9 Å². The molecule has 3 N–H and O–H groups in total. The molecule has 1 aliphatic carbocycles. The third-order valence-corrected chi connectivity index (χ3v) is 3.30. The Kier molecular flexibility index (Phi) is 2.75. The molecule has 5 nitrogen and oxygen atoms in total. The van der Waals surface area contributed by atoms with Crippen molar-refractivity contribution in [1.82, 2.24) is 0 Å². The molecule has 1 aromatic carbocycles. The van der Waals surface area contributed by atoms with E-state index in [1.165, 1.54) is 18.2 Å². The monoisotopic (exact) mass is 272 g/mol. The molecule has 1 aromatic rings. The molecular weight excluding hydrogens is 260 g/mol. The lowest BCUT2D eigenvalue weighted by Crippen LogP contribution is -2.29. The molecule has 0 saturated carbocycles. The first-order valence-electron chi connectivity index (χ1n) is 6.11. The summed E-state index contributed by atoms with van der Waals surface area (Å²) in [5.74, 6) is -1.58. The SMILES string of the molecule is O=C1C2=CC=CCC2OC(c2ccc(O)c(O)c2)=C1O. The molecule has 1 heterocycles. The molecule has 1 aliphatic heterocycles. The fourth-order valence-electron chi connectivity index (χ4n) is 2.25. The van der Waals surface area contributed by atoms with Crippen molar-refractivity contribution in [1.29, 1.82) is 0 Å². The predicted molar refractivity (Wildman–Crippen MR) is 71.0 cm³/mol. The molecule has 20 heavy (non-hydrogen) atoms. The molecule has 0 radical (unpaired) electrons. The van der Waals surface area contributed by atoms with Crippen molar-refractivity contribution in [2.24, 2.45) is 0 Å². The van der Waals surface area contributed by atoms with E-state index in [1.807, 2.05) is 6.08 Å². The fraction of sp³-hybridized carbons (Fsp3) is 0.133. The number of ether oxygens (including phenoxy) is 1. The quantitative estimate of drug-likeness (QED) is 0.682. The summed E-state index contributed by atoms with van der Waals surface area (Å²) in [6, 6.07) is 3.97. The number of hydrogen-bond acceptors (Lipinski definition) is 5. The first-order chi connectivity index (χ1) is 9.58. The third kappa shape index (κ3) is 1.84. The highest BCUT2D eigenvalue weighted by molar-refractivity contribution is 6.12. The molecule has 0 amide bonds. The Morgan fingerprint density at radius 3 is 2.70 bits per heavy atom. The van der Waals surface area contributed by atoms with Gasteiger partial charge in [0, 0.05) is 17.6 Å². The Hall–Kier alpha value is -2.69. The number of phenols is 2. The maximum Gasteiger partial charge on any atom is 0.230 e. The van der Waals surface area contributed by atoms with E-state index in [0.717, 1.165) is 0 Å². The molecule has 5 heteroatoms. The van der Waals surface area contributed by atoms with Gasteiger partial charge in [0.05, 0.1) is 0 Å². The van der Waals surface area contributed by atoms with Crippen LogP contribution in [0.1, 0.15) is 12.0 Å². The van der Waals surface area contributed by atoms with Crippen LogP contribution in [-0.4, -0.2) is 27.2 Å². The van der Waals surface area contributed by atoms with Crippen molar-refractivity contribution in [3.8, 4) is 11.5 Å². The summed E-state index contributed by atoms with van der Waals surface area (Å²) in [5.41, 5.74) is 0.747. The van der Waals surface area contributed by atoms with Gasteiger partial charge in [0.15, 0.2) is 17.3 Å². The largest absolute Gasteiger partial charge is 0.504 e. The maximum atomic E-state index is 12.1. The Balaban J connectivity index is 2.07. The van der Waals surface area contributed by atoms with Crippen LogP contribution in [0.25, 0.3) is 5.76 Å². The summed E-state index contributed by atoms with van der Waals surface area (Å²) < 4.78 is 5.65. The first kappa shape index (κ1) is 12.3. The van der Waals surface area contributed by atoms with Crippen LogP contribution in [-0.2, 0) is 9.53 Å². The lowest BCUT2D eigenvalue weighted by Gasteiger charge is -2.28. The van der Waals surface area contributed by atoms with Crippen LogP contribution in [0.2, 0.25) is 0 Å². The molecule has 2 aliphatic rings. The molecule has 0 saturated heterocycles. The highest BCUT2D eigenvalue weighted by Crippen LogP contribution is 2.36. The topological polar surface area (TPSA) is 87.0 Å². The molecule has 3 rings (SSSR count). The number of carbonyl (C=O) groups excluding carboxylic acids is 1. The van der Waals surface area contributed by atoms with E-state index in [1.54, 1.807) is 12.2 Å². The Labute approximate surface area is 114 Å². The second-order valence-electron chi connectivity index (χ2n) is 4.60. The normalized spacial score (nSPS) is 21.3. The van der Waals surface area contributed by atoms with E-state index >= 15 is 0 Å². The summed E-state index contributed by atoms with van der Waals surface area (Å²) in [6.07, 6.45) is 5.35. The number of carbonyl (C=O) groups is 1. The Morgan fingerprint density at radius 1 is 1.15 bits per heavy atom. The number of fused-ring (bicyclic) bond motifs is 1. The predicted octanol–water partition coefficient (Wildman–Crippen LogP) is 2.18. The van der Waals surface area contributed by atoms with Gasteiger partial charge in [-0.2, -0.15) is 0 Å². The van der Waals surface area contributed by atoms with Crippen LogP contribution in [0.4, 0.5) is 0 Å². The van der Waals surface area contributed by atoms with Gasteiger partial charge < -0.3 is 20.1 Å². The van der Waals surface area contributed by atoms with Gasteiger partial charge in [0.1, 0.15) is 6.10 Å². The lowest BCUT2D eigenvalue weighted by molar-refractivity contribution is -0.116. The Bertz CT molecular complexity index is 682. The van der Waals surface area contributed by atoms with Gasteiger partial charge in [-0.3, -0.25) is 4.79 Å². The van der Waals surface area contributed by atoms with Gasteiger partial charge in [-0.1, -0.05) is 18.2 Å². The van der Waals surface area contributed by atoms with Crippen molar-refractivity contribution in [2.45, 2.75) is 12.5 Å². The van der Waals surface area contributed by atoms with Crippen molar-refractivity contribution in [3.05, 3.63) is 53.3 Å². The minimum atomic E-state index is -0.493.